The Bertz CT molecular complexity index is 1560. The van der Waals surface area contributed by atoms with E-state index in [-0.39, 0.29) is 37.7 Å². The molecule has 1 fully saturated rings. The summed E-state index contributed by atoms with van der Waals surface area (Å²) >= 11 is 1.26. The van der Waals surface area contributed by atoms with Crippen LogP contribution in [-0.4, -0.2) is 34.3 Å². The monoisotopic (exact) mass is 570 g/mol. The zero-order chi connectivity index (χ0) is 28.8. The van der Waals surface area contributed by atoms with Gasteiger partial charge >= 0.3 is 0 Å². The summed E-state index contributed by atoms with van der Waals surface area (Å²) in [6.07, 6.45) is 1.71. The molecule has 8 nitrogen and oxygen atoms in total. The number of amidine groups is 1. The third kappa shape index (κ3) is 6.90. The molecule has 5 rings (SSSR count). The molecule has 1 aliphatic heterocycles. The second kappa shape index (κ2) is 12.6. The summed E-state index contributed by atoms with van der Waals surface area (Å²) in [7, 11) is 0. The molecule has 3 aromatic carbocycles. The number of aliphatic imine (C=N–C) groups is 1. The Hall–Kier alpha value is -4.70. The molecule has 1 atom stereocenters. The number of carbonyl (C=O) groups excluding carboxylic acids is 3. The van der Waals surface area contributed by atoms with E-state index in [1.807, 2.05) is 30.3 Å². The van der Waals surface area contributed by atoms with Crippen LogP contribution in [0.3, 0.4) is 0 Å². The standard InChI is InChI=1S/C31H27FN4O4S/c32-23-8-4-9-24(19-23)34-31-36(20-26-10-5-17-40-26)30(39)29(41-31)22-11-13-25(14-12-22)35(16-15-27(33)37)28(38)18-21-6-2-1-3-7-21/h1-14,17,19,29H,15-16,18,20H2,(H2,33,37). The number of rotatable bonds is 10. The average Bonchev–Trinajstić information content (AvgIpc) is 3.58. The van der Waals surface area contributed by atoms with Gasteiger partial charge in [0.25, 0.3) is 0 Å². The third-order valence-electron chi connectivity index (χ3n) is 6.46. The van der Waals surface area contributed by atoms with Gasteiger partial charge < -0.3 is 15.1 Å². The summed E-state index contributed by atoms with van der Waals surface area (Å²) in [6, 6.07) is 25.8. The van der Waals surface area contributed by atoms with Crippen LogP contribution in [0, 0.1) is 5.82 Å². The predicted molar refractivity (Wildman–Crippen MR) is 156 cm³/mol. The molecule has 1 aliphatic rings. The van der Waals surface area contributed by atoms with Gasteiger partial charge in [-0.2, -0.15) is 0 Å². The fraction of sp³-hybridized carbons (Fsp3) is 0.161. The van der Waals surface area contributed by atoms with Crippen LogP contribution >= 0.6 is 11.8 Å². The number of hydrogen-bond donors (Lipinski definition) is 1. The molecule has 0 spiro atoms. The van der Waals surface area contributed by atoms with Gasteiger partial charge in [-0.1, -0.05) is 60.3 Å². The van der Waals surface area contributed by atoms with E-state index in [9.17, 15) is 18.8 Å². The van der Waals surface area contributed by atoms with Crippen LogP contribution in [-0.2, 0) is 27.3 Å². The van der Waals surface area contributed by atoms with Crippen LogP contribution in [0.15, 0.2) is 107 Å². The van der Waals surface area contributed by atoms with Crippen LogP contribution in [0.2, 0.25) is 0 Å². The molecular formula is C31H27FN4O4S. The van der Waals surface area contributed by atoms with E-state index in [0.717, 1.165) is 5.56 Å². The van der Waals surface area contributed by atoms with Crippen molar-refractivity contribution in [2.45, 2.75) is 24.6 Å². The number of hydrogen-bond acceptors (Lipinski definition) is 6. The molecule has 1 unspecified atom stereocenters. The maximum atomic E-state index is 13.8. The molecule has 41 heavy (non-hydrogen) atoms. The SMILES string of the molecule is NC(=O)CCN(C(=O)Cc1ccccc1)c1ccc(C2SC(=Nc3cccc(F)c3)N(Cc3ccco3)C2=O)cc1. The second-order valence-corrected chi connectivity index (χ2v) is 10.5. The first-order valence-corrected chi connectivity index (χ1v) is 13.8. The Kier molecular flexibility index (Phi) is 8.59. The number of amides is 3. The molecule has 1 aromatic heterocycles. The summed E-state index contributed by atoms with van der Waals surface area (Å²) in [5.41, 5.74) is 7.92. The summed E-state index contributed by atoms with van der Waals surface area (Å²) in [5, 5.41) is -0.183. The molecule has 4 aromatic rings. The van der Waals surface area contributed by atoms with Crippen molar-refractivity contribution in [3.8, 4) is 0 Å². The van der Waals surface area contributed by atoms with Crippen molar-refractivity contribution in [3.63, 3.8) is 0 Å². The topological polar surface area (TPSA) is 109 Å². The van der Waals surface area contributed by atoms with Gasteiger partial charge in [0.1, 0.15) is 16.8 Å². The minimum Gasteiger partial charge on any atom is -0.467 e. The Balaban J connectivity index is 1.40. The lowest BCUT2D eigenvalue weighted by atomic mass is 10.1. The van der Waals surface area contributed by atoms with Crippen molar-refractivity contribution in [1.29, 1.82) is 0 Å². The summed E-state index contributed by atoms with van der Waals surface area (Å²) < 4.78 is 19.3. The molecule has 2 heterocycles. The molecule has 3 amide bonds. The fourth-order valence-corrected chi connectivity index (χ4v) is 5.60. The van der Waals surface area contributed by atoms with E-state index in [4.69, 9.17) is 10.2 Å². The number of anilines is 1. The van der Waals surface area contributed by atoms with Crippen LogP contribution < -0.4 is 10.6 Å². The second-order valence-electron chi connectivity index (χ2n) is 9.39. The van der Waals surface area contributed by atoms with E-state index in [0.29, 0.717) is 27.9 Å². The Morgan fingerprint density at radius 1 is 1.00 bits per heavy atom. The number of thioether (sulfide) groups is 1. The van der Waals surface area contributed by atoms with Gasteiger partial charge in [0.2, 0.25) is 17.7 Å². The van der Waals surface area contributed by atoms with Gasteiger partial charge in [-0.15, -0.1) is 0 Å². The lowest BCUT2D eigenvalue weighted by Gasteiger charge is -2.23. The van der Waals surface area contributed by atoms with E-state index >= 15 is 0 Å². The molecule has 0 radical (unpaired) electrons. The summed E-state index contributed by atoms with van der Waals surface area (Å²) in [6.45, 7) is 0.315. The fourth-order valence-electron chi connectivity index (χ4n) is 4.43. The summed E-state index contributed by atoms with van der Waals surface area (Å²) in [5.74, 6) is -0.711. The number of halogens is 1. The van der Waals surface area contributed by atoms with Crippen LogP contribution in [0.25, 0.3) is 0 Å². The van der Waals surface area contributed by atoms with Gasteiger partial charge in [-0.25, -0.2) is 9.38 Å². The maximum absolute atomic E-state index is 13.8. The molecule has 0 bridgehead atoms. The van der Waals surface area contributed by atoms with E-state index in [2.05, 4.69) is 4.99 Å². The highest BCUT2D eigenvalue weighted by molar-refractivity contribution is 8.15. The predicted octanol–water partition coefficient (Wildman–Crippen LogP) is 5.37. The average molecular weight is 571 g/mol. The third-order valence-corrected chi connectivity index (χ3v) is 7.69. The number of nitrogens with zero attached hydrogens (tertiary/aromatic N) is 3. The highest BCUT2D eigenvalue weighted by atomic mass is 32.2. The molecule has 1 saturated heterocycles. The minimum atomic E-state index is -0.606. The van der Waals surface area contributed by atoms with Gasteiger partial charge in [-0.05, 0) is 53.6 Å². The van der Waals surface area contributed by atoms with Crippen molar-refractivity contribution in [2.75, 3.05) is 11.4 Å². The molecule has 208 valence electrons. The molecular weight excluding hydrogens is 543 g/mol. The van der Waals surface area contributed by atoms with Crippen molar-refractivity contribution >= 4 is 46.0 Å². The Morgan fingerprint density at radius 2 is 1.78 bits per heavy atom. The van der Waals surface area contributed by atoms with Gasteiger partial charge in [0.05, 0.1) is 24.9 Å². The van der Waals surface area contributed by atoms with Crippen molar-refractivity contribution < 1.29 is 23.2 Å². The smallest absolute Gasteiger partial charge is 0.247 e. The first kappa shape index (κ1) is 27.9. The van der Waals surface area contributed by atoms with Crippen LogP contribution in [0.5, 0.6) is 0 Å². The minimum absolute atomic E-state index is 0.0148. The molecule has 10 heteroatoms. The van der Waals surface area contributed by atoms with Crippen LogP contribution in [0.4, 0.5) is 15.8 Å². The lowest BCUT2D eigenvalue weighted by molar-refractivity contribution is -0.127. The number of nitrogens with two attached hydrogens (primary N) is 1. The quantitative estimate of drug-likeness (QED) is 0.276. The number of furan rings is 1. The van der Waals surface area contributed by atoms with E-state index in [1.54, 1.807) is 48.5 Å². The number of carbonyl (C=O) groups is 3. The first-order chi connectivity index (χ1) is 19.9. The maximum Gasteiger partial charge on any atom is 0.247 e. The Labute approximate surface area is 240 Å². The number of benzene rings is 3. The van der Waals surface area contributed by atoms with Gasteiger partial charge in [0.15, 0.2) is 5.17 Å². The van der Waals surface area contributed by atoms with Gasteiger partial charge in [0, 0.05) is 18.7 Å². The van der Waals surface area contributed by atoms with E-state index < -0.39 is 17.0 Å². The van der Waals surface area contributed by atoms with E-state index in [1.165, 1.54) is 40.0 Å². The first-order valence-electron chi connectivity index (χ1n) is 12.9. The summed E-state index contributed by atoms with van der Waals surface area (Å²) in [4.78, 5) is 45.9. The zero-order valence-electron chi connectivity index (χ0n) is 22.0. The largest absolute Gasteiger partial charge is 0.467 e. The molecule has 0 saturated carbocycles. The lowest BCUT2D eigenvalue weighted by Crippen LogP contribution is -2.35. The molecule has 2 N–H and O–H groups in total. The molecule has 0 aliphatic carbocycles. The Morgan fingerprint density at radius 3 is 2.46 bits per heavy atom. The number of primary amides is 1. The van der Waals surface area contributed by atoms with Crippen LogP contribution in [0.1, 0.15) is 28.6 Å². The van der Waals surface area contributed by atoms with Crippen molar-refractivity contribution in [1.82, 2.24) is 4.90 Å². The van der Waals surface area contributed by atoms with Crippen molar-refractivity contribution in [2.24, 2.45) is 10.7 Å². The highest BCUT2D eigenvalue weighted by Gasteiger charge is 2.39. The van der Waals surface area contributed by atoms with Crippen molar-refractivity contribution in [3.05, 3.63) is 120 Å². The normalized spacial score (nSPS) is 15.8. The van der Waals surface area contributed by atoms with Gasteiger partial charge in [-0.3, -0.25) is 19.3 Å². The highest BCUT2D eigenvalue weighted by Crippen LogP contribution is 2.41. The zero-order valence-corrected chi connectivity index (χ0v) is 22.8.